The zero-order valence-electron chi connectivity index (χ0n) is 12.9. The minimum Gasteiger partial charge on any atom is -0.316 e. The van der Waals surface area contributed by atoms with Crippen molar-refractivity contribution in [1.29, 1.82) is 0 Å². The molecule has 0 radical (unpaired) electrons. The summed E-state index contributed by atoms with van der Waals surface area (Å²) in [5.41, 5.74) is 0. The fourth-order valence-electron chi connectivity index (χ4n) is 3.25. The molecule has 0 aliphatic heterocycles. The maximum atomic E-state index is 6.07. The van der Waals surface area contributed by atoms with Crippen LogP contribution in [0, 0.1) is 11.8 Å². The van der Waals surface area contributed by atoms with E-state index in [1.165, 1.54) is 83.7 Å². The summed E-state index contributed by atoms with van der Waals surface area (Å²) in [4.78, 5) is 0. The van der Waals surface area contributed by atoms with Crippen LogP contribution < -0.4 is 5.32 Å². The zero-order valence-corrected chi connectivity index (χ0v) is 13.7. The Labute approximate surface area is 125 Å². The van der Waals surface area contributed by atoms with Crippen LogP contribution in [0.5, 0.6) is 0 Å². The number of nitrogens with one attached hydrogen (secondary N) is 1. The van der Waals surface area contributed by atoms with Crippen LogP contribution in [0.3, 0.4) is 0 Å². The Morgan fingerprint density at radius 2 is 1.53 bits per heavy atom. The first-order valence-electron chi connectivity index (χ1n) is 8.65. The molecule has 114 valence electrons. The molecule has 0 saturated heterocycles. The summed E-state index contributed by atoms with van der Waals surface area (Å²) >= 11 is 6.07. The van der Waals surface area contributed by atoms with Crippen LogP contribution in [-0.4, -0.2) is 19.0 Å². The van der Waals surface area contributed by atoms with Crippen LogP contribution >= 0.6 is 11.6 Å². The van der Waals surface area contributed by atoms with E-state index in [4.69, 9.17) is 11.6 Å². The summed E-state index contributed by atoms with van der Waals surface area (Å²) in [5.74, 6) is 2.48. The predicted octanol–water partition coefficient (Wildman–Crippen LogP) is 5.37. The molecule has 1 aliphatic carbocycles. The highest BCUT2D eigenvalue weighted by Gasteiger charge is 2.23. The van der Waals surface area contributed by atoms with Gasteiger partial charge in [-0.2, -0.15) is 0 Å². The molecule has 1 N–H and O–H groups in total. The van der Waals surface area contributed by atoms with Crippen LogP contribution in [0.25, 0.3) is 0 Å². The zero-order chi connectivity index (χ0) is 13.8. The minimum absolute atomic E-state index is 0.775. The second-order valence-corrected chi connectivity index (χ2v) is 6.59. The van der Waals surface area contributed by atoms with Crippen molar-refractivity contribution in [3.05, 3.63) is 0 Å². The highest BCUT2D eigenvalue weighted by Crippen LogP contribution is 2.30. The van der Waals surface area contributed by atoms with E-state index < -0.39 is 0 Å². The lowest BCUT2D eigenvalue weighted by atomic mass is 9.80. The Bertz CT molecular complexity index is 196. The van der Waals surface area contributed by atoms with Gasteiger partial charge in [-0.25, -0.2) is 0 Å². The van der Waals surface area contributed by atoms with Gasteiger partial charge in [0.15, 0.2) is 0 Å². The Morgan fingerprint density at radius 3 is 2.21 bits per heavy atom. The highest BCUT2D eigenvalue weighted by atomic mass is 35.5. The fraction of sp³-hybridized carbons (Fsp3) is 1.00. The van der Waals surface area contributed by atoms with Crippen molar-refractivity contribution in [2.24, 2.45) is 11.8 Å². The second-order valence-electron chi connectivity index (χ2n) is 6.28. The summed E-state index contributed by atoms with van der Waals surface area (Å²) in [7, 11) is 0. The van der Waals surface area contributed by atoms with E-state index in [0.717, 1.165) is 17.7 Å². The van der Waals surface area contributed by atoms with E-state index >= 15 is 0 Å². The van der Waals surface area contributed by atoms with Crippen LogP contribution in [0.2, 0.25) is 0 Å². The topological polar surface area (TPSA) is 12.0 Å². The SMILES string of the molecule is CCCCCCCCCNCC1CCCCC1CCl. The first-order chi connectivity index (χ1) is 9.38. The number of unbranched alkanes of at least 4 members (excludes halogenated alkanes) is 6. The molecule has 2 unspecified atom stereocenters. The number of alkyl halides is 1. The molecule has 1 aliphatic rings. The Hall–Kier alpha value is 0.250. The fourth-order valence-corrected chi connectivity index (χ4v) is 3.66. The Balaban J connectivity index is 1.89. The van der Waals surface area contributed by atoms with Crippen molar-refractivity contribution in [3.8, 4) is 0 Å². The molecule has 0 spiro atoms. The van der Waals surface area contributed by atoms with Crippen molar-refractivity contribution in [2.75, 3.05) is 19.0 Å². The minimum atomic E-state index is 0.775. The molecule has 0 amide bonds. The van der Waals surface area contributed by atoms with Crippen molar-refractivity contribution in [2.45, 2.75) is 77.6 Å². The average Bonchev–Trinajstić information content (AvgIpc) is 2.46. The predicted molar refractivity (Wildman–Crippen MR) is 87.0 cm³/mol. The summed E-state index contributed by atoms with van der Waals surface area (Å²) in [6.45, 7) is 4.69. The molecule has 1 saturated carbocycles. The van der Waals surface area contributed by atoms with Gasteiger partial charge in [0.05, 0.1) is 0 Å². The van der Waals surface area contributed by atoms with Crippen LogP contribution in [-0.2, 0) is 0 Å². The molecule has 0 aromatic rings. The molecule has 1 rings (SSSR count). The first kappa shape index (κ1) is 17.3. The molecule has 19 heavy (non-hydrogen) atoms. The van der Waals surface area contributed by atoms with Crippen molar-refractivity contribution in [3.63, 3.8) is 0 Å². The smallest absolute Gasteiger partial charge is 0.0254 e. The van der Waals surface area contributed by atoms with Crippen LogP contribution in [0.15, 0.2) is 0 Å². The average molecular weight is 288 g/mol. The quantitative estimate of drug-likeness (QED) is 0.398. The lowest BCUT2D eigenvalue weighted by Gasteiger charge is -2.30. The van der Waals surface area contributed by atoms with E-state index in [2.05, 4.69) is 12.2 Å². The van der Waals surface area contributed by atoms with Gasteiger partial charge < -0.3 is 5.32 Å². The van der Waals surface area contributed by atoms with Crippen molar-refractivity contribution in [1.82, 2.24) is 5.32 Å². The molecule has 1 nitrogen and oxygen atoms in total. The third-order valence-electron chi connectivity index (χ3n) is 4.63. The van der Waals surface area contributed by atoms with Gasteiger partial charge in [-0.05, 0) is 44.2 Å². The number of halogens is 1. The number of hydrogen-bond acceptors (Lipinski definition) is 1. The lowest BCUT2D eigenvalue weighted by molar-refractivity contribution is 0.251. The molecular weight excluding hydrogens is 254 g/mol. The normalized spacial score (nSPS) is 23.7. The van der Waals surface area contributed by atoms with E-state index in [1.54, 1.807) is 0 Å². The third kappa shape index (κ3) is 8.19. The van der Waals surface area contributed by atoms with Crippen molar-refractivity contribution < 1.29 is 0 Å². The van der Waals surface area contributed by atoms with E-state index in [0.29, 0.717) is 0 Å². The molecule has 0 aromatic carbocycles. The molecule has 2 heteroatoms. The number of hydrogen-bond donors (Lipinski definition) is 1. The van der Waals surface area contributed by atoms with Crippen molar-refractivity contribution >= 4 is 11.6 Å². The summed E-state index contributed by atoms with van der Waals surface area (Å²) in [6, 6.07) is 0. The van der Waals surface area contributed by atoms with Crippen LogP contribution in [0.4, 0.5) is 0 Å². The van der Waals surface area contributed by atoms with Crippen LogP contribution in [0.1, 0.15) is 77.6 Å². The lowest BCUT2D eigenvalue weighted by Crippen LogP contribution is -2.31. The molecule has 0 heterocycles. The van der Waals surface area contributed by atoms with Gasteiger partial charge in [0.1, 0.15) is 0 Å². The van der Waals surface area contributed by atoms with Gasteiger partial charge >= 0.3 is 0 Å². The van der Waals surface area contributed by atoms with Gasteiger partial charge in [-0.3, -0.25) is 0 Å². The van der Waals surface area contributed by atoms with Gasteiger partial charge in [-0.15, -0.1) is 11.6 Å². The van der Waals surface area contributed by atoms with E-state index in [1.807, 2.05) is 0 Å². The number of rotatable bonds is 11. The molecule has 1 fully saturated rings. The van der Waals surface area contributed by atoms with Gasteiger partial charge in [-0.1, -0.05) is 58.3 Å². The largest absolute Gasteiger partial charge is 0.316 e. The van der Waals surface area contributed by atoms with Gasteiger partial charge in [0, 0.05) is 5.88 Å². The third-order valence-corrected chi connectivity index (χ3v) is 5.02. The maximum absolute atomic E-state index is 6.07. The molecule has 0 aromatic heterocycles. The second kappa shape index (κ2) is 12.0. The monoisotopic (exact) mass is 287 g/mol. The first-order valence-corrected chi connectivity index (χ1v) is 9.18. The Kier molecular flexibility index (Phi) is 11.0. The van der Waals surface area contributed by atoms with Gasteiger partial charge in [0.2, 0.25) is 0 Å². The van der Waals surface area contributed by atoms with E-state index in [9.17, 15) is 0 Å². The molecule has 2 atom stereocenters. The summed E-state index contributed by atoms with van der Waals surface area (Å²) in [6.07, 6.45) is 15.4. The van der Waals surface area contributed by atoms with E-state index in [-0.39, 0.29) is 0 Å². The van der Waals surface area contributed by atoms with Gasteiger partial charge in [0.25, 0.3) is 0 Å². The molecule has 0 bridgehead atoms. The summed E-state index contributed by atoms with van der Waals surface area (Å²) in [5, 5.41) is 3.66. The summed E-state index contributed by atoms with van der Waals surface area (Å²) < 4.78 is 0. The standard InChI is InChI=1S/C17H34ClN/c1-2-3-4-5-6-7-10-13-19-15-17-12-9-8-11-16(17)14-18/h16-17,19H,2-15H2,1H3. The highest BCUT2D eigenvalue weighted by molar-refractivity contribution is 6.18. The Morgan fingerprint density at radius 1 is 0.895 bits per heavy atom. The maximum Gasteiger partial charge on any atom is 0.0254 e. The molecular formula is C17H34ClN.